The number of rotatable bonds is 4. The summed E-state index contributed by atoms with van der Waals surface area (Å²) in [4.78, 5) is 18.4. The number of fused-ring (bicyclic) bond motifs is 1. The van der Waals surface area contributed by atoms with Crippen molar-refractivity contribution in [2.24, 2.45) is 0 Å². The van der Waals surface area contributed by atoms with Crippen molar-refractivity contribution in [2.75, 3.05) is 0 Å². The number of para-hydroxylation sites is 1. The summed E-state index contributed by atoms with van der Waals surface area (Å²) in [6, 6.07) is 22.9. The van der Waals surface area contributed by atoms with E-state index < -0.39 is 0 Å². The molecule has 0 fully saturated rings. The minimum absolute atomic E-state index is 0.153. The van der Waals surface area contributed by atoms with E-state index in [-0.39, 0.29) is 11.6 Å². The van der Waals surface area contributed by atoms with Gasteiger partial charge in [0.1, 0.15) is 5.39 Å². The van der Waals surface area contributed by atoms with E-state index >= 15 is 0 Å². The number of nitrogens with zero attached hydrogens (tertiary/aromatic N) is 4. The predicted molar refractivity (Wildman–Crippen MR) is 111 cm³/mol. The van der Waals surface area contributed by atoms with E-state index in [0.29, 0.717) is 22.6 Å². The molecule has 0 N–H and O–H groups in total. The molecule has 0 unspecified atom stereocenters. The van der Waals surface area contributed by atoms with Crippen molar-refractivity contribution in [3.63, 3.8) is 0 Å². The highest BCUT2D eigenvalue weighted by atomic mass is 16.3. The van der Waals surface area contributed by atoms with E-state index in [1.165, 1.54) is 0 Å². The first kappa shape index (κ1) is 17.2. The third-order valence-corrected chi connectivity index (χ3v) is 5.04. The second-order valence-electron chi connectivity index (χ2n) is 6.80. The first-order valence-corrected chi connectivity index (χ1v) is 9.38. The molecule has 5 aromatic rings. The molecule has 0 saturated heterocycles. The minimum atomic E-state index is -0.222. The average Bonchev–Trinajstić information content (AvgIpc) is 3.45. The second kappa shape index (κ2) is 6.91. The molecule has 0 aliphatic carbocycles. The minimum Gasteiger partial charge on any atom is -0.461 e. The number of hydrogen-bond donors (Lipinski definition) is 0. The molecule has 3 aromatic heterocycles. The highest BCUT2D eigenvalue weighted by Crippen LogP contribution is 2.26. The summed E-state index contributed by atoms with van der Waals surface area (Å²) in [5, 5.41) is 4.90. The van der Waals surface area contributed by atoms with Gasteiger partial charge in [0.05, 0.1) is 24.2 Å². The van der Waals surface area contributed by atoms with Gasteiger partial charge in [0.15, 0.2) is 17.2 Å². The lowest BCUT2D eigenvalue weighted by Crippen LogP contribution is -2.27. The second-order valence-corrected chi connectivity index (χ2v) is 6.80. The summed E-state index contributed by atoms with van der Waals surface area (Å²) in [6.45, 7) is 1.98. The quantitative estimate of drug-likeness (QED) is 0.461. The van der Waals surface area contributed by atoms with Crippen LogP contribution in [0.2, 0.25) is 0 Å². The van der Waals surface area contributed by atoms with Crippen LogP contribution in [0.15, 0.2) is 94.5 Å². The average molecular weight is 382 g/mol. The third-order valence-electron chi connectivity index (χ3n) is 5.04. The molecule has 2 aromatic carbocycles. The number of benzene rings is 2. The number of hydrogen-bond acceptors (Lipinski definition) is 4. The van der Waals surface area contributed by atoms with E-state index in [1.54, 1.807) is 27.8 Å². The lowest BCUT2D eigenvalue weighted by molar-refractivity contribution is 0.551. The fourth-order valence-corrected chi connectivity index (χ4v) is 3.56. The maximum Gasteiger partial charge on any atom is 0.265 e. The maximum absolute atomic E-state index is 13.5. The first-order chi connectivity index (χ1) is 14.2. The zero-order chi connectivity index (χ0) is 19.8. The lowest BCUT2D eigenvalue weighted by atomic mass is 10.1. The molecule has 0 saturated carbocycles. The van der Waals surface area contributed by atoms with Crippen LogP contribution in [0.4, 0.5) is 0 Å². The highest BCUT2D eigenvalue weighted by Gasteiger charge is 2.22. The van der Waals surface area contributed by atoms with Gasteiger partial charge in [-0.2, -0.15) is 5.10 Å². The maximum atomic E-state index is 13.5. The van der Waals surface area contributed by atoms with Gasteiger partial charge in [-0.1, -0.05) is 48.5 Å². The smallest absolute Gasteiger partial charge is 0.265 e. The standard InChI is InChI=1S/C23H18N4O2/c1-16(17-9-4-2-5-10-17)26-22(20-13-8-14-29-20)25-21-19(23(26)28)15-24-27(21)18-11-6-3-7-12-18/h2-16H,1H3/t16-/m0/s1. The van der Waals surface area contributed by atoms with Crippen LogP contribution in [0.3, 0.4) is 0 Å². The summed E-state index contributed by atoms with van der Waals surface area (Å²) in [7, 11) is 0. The molecule has 0 spiro atoms. The van der Waals surface area contributed by atoms with Gasteiger partial charge >= 0.3 is 0 Å². The normalized spacial score (nSPS) is 12.3. The molecule has 6 heteroatoms. The molecule has 0 amide bonds. The van der Waals surface area contributed by atoms with Gasteiger partial charge in [-0.25, -0.2) is 9.67 Å². The van der Waals surface area contributed by atoms with Crippen LogP contribution in [-0.4, -0.2) is 19.3 Å². The third kappa shape index (κ3) is 2.86. The van der Waals surface area contributed by atoms with Crippen molar-refractivity contribution in [1.29, 1.82) is 0 Å². The Morgan fingerprint density at radius 2 is 1.66 bits per heavy atom. The Morgan fingerprint density at radius 1 is 0.931 bits per heavy atom. The van der Waals surface area contributed by atoms with Crippen molar-refractivity contribution in [3.8, 4) is 17.3 Å². The van der Waals surface area contributed by atoms with Gasteiger partial charge in [-0.05, 0) is 36.8 Å². The molecule has 29 heavy (non-hydrogen) atoms. The van der Waals surface area contributed by atoms with E-state index in [0.717, 1.165) is 11.3 Å². The molecule has 0 aliphatic rings. The molecule has 0 bridgehead atoms. The van der Waals surface area contributed by atoms with Crippen LogP contribution in [0, 0.1) is 0 Å². The summed E-state index contributed by atoms with van der Waals surface area (Å²) in [5.41, 5.74) is 2.21. The van der Waals surface area contributed by atoms with Crippen LogP contribution in [0.25, 0.3) is 28.3 Å². The highest BCUT2D eigenvalue weighted by molar-refractivity contribution is 5.77. The monoisotopic (exact) mass is 382 g/mol. The Kier molecular flexibility index (Phi) is 4.09. The molecule has 0 radical (unpaired) electrons. The Bertz CT molecular complexity index is 1320. The fourth-order valence-electron chi connectivity index (χ4n) is 3.56. The number of furan rings is 1. The number of aromatic nitrogens is 4. The van der Waals surface area contributed by atoms with Crippen LogP contribution in [0.1, 0.15) is 18.5 Å². The molecular formula is C23H18N4O2. The van der Waals surface area contributed by atoms with Gasteiger partial charge in [0.25, 0.3) is 5.56 Å². The predicted octanol–water partition coefficient (Wildman–Crippen LogP) is 4.45. The van der Waals surface area contributed by atoms with E-state index in [1.807, 2.05) is 73.7 Å². The lowest BCUT2D eigenvalue weighted by Gasteiger charge is -2.19. The summed E-state index contributed by atoms with van der Waals surface area (Å²) in [5.74, 6) is 1.01. The van der Waals surface area contributed by atoms with Crippen molar-refractivity contribution in [3.05, 3.63) is 101 Å². The molecule has 3 heterocycles. The molecule has 142 valence electrons. The van der Waals surface area contributed by atoms with E-state index in [2.05, 4.69) is 5.10 Å². The van der Waals surface area contributed by atoms with Gasteiger partial charge < -0.3 is 4.42 Å². The zero-order valence-corrected chi connectivity index (χ0v) is 15.8. The van der Waals surface area contributed by atoms with Crippen LogP contribution >= 0.6 is 0 Å². The Morgan fingerprint density at radius 3 is 2.34 bits per heavy atom. The van der Waals surface area contributed by atoms with Crippen LogP contribution < -0.4 is 5.56 Å². The van der Waals surface area contributed by atoms with Gasteiger partial charge in [-0.3, -0.25) is 9.36 Å². The Balaban J connectivity index is 1.80. The van der Waals surface area contributed by atoms with E-state index in [4.69, 9.17) is 9.40 Å². The molecule has 1 atom stereocenters. The van der Waals surface area contributed by atoms with Gasteiger partial charge in [-0.15, -0.1) is 0 Å². The molecule has 0 aliphatic heterocycles. The SMILES string of the molecule is C[C@@H](c1ccccc1)n1c(-c2ccco2)nc2c(cnn2-c2ccccc2)c1=O. The van der Waals surface area contributed by atoms with Crippen LogP contribution in [0.5, 0.6) is 0 Å². The van der Waals surface area contributed by atoms with Crippen molar-refractivity contribution < 1.29 is 4.42 Å². The van der Waals surface area contributed by atoms with E-state index in [9.17, 15) is 4.79 Å². The largest absolute Gasteiger partial charge is 0.461 e. The molecule has 5 rings (SSSR count). The zero-order valence-electron chi connectivity index (χ0n) is 15.8. The molecule has 6 nitrogen and oxygen atoms in total. The van der Waals surface area contributed by atoms with Crippen molar-refractivity contribution >= 4 is 11.0 Å². The van der Waals surface area contributed by atoms with Gasteiger partial charge in [0.2, 0.25) is 0 Å². The summed E-state index contributed by atoms with van der Waals surface area (Å²) in [6.07, 6.45) is 3.16. The van der Waals surface area contributed by atoms with Crippen molar-refractivity contribution in [1.82, 2.24) is 19.3 Å². The topological polar surface area (TPSA) is 65.8 Å². The van der Waals surface area contributed by atoms with Gasteiger partial charge in [0, 0.05) is 0 Å². The first-order valence-electron chi connectivity index (χ1n) is 9.38. The summed E-state index contributed by atoms with van der Waals surface area (Å²) >= 11 is 0. The van der Waals surface area contributed by atoms with Crippen molar-refractivity contribution in [2.45, 2.75) is 13.0 Å². The summed E-state index contributed by atoms with van der Waals surface area (Å²) < 4.78 is 8.98. The Hall–Kier alpha value is -3.93. The molecular weight excluding hydrogens is 364 g/mol. The van der Waals surface area contributed by atoms with Crippen LogP contribution in [-0.2, 0) is 0 Å². The Labute approximate surface area is 166 Å². The fraction of sp³-hybridized carbons (Fsp3) is 0.0870.